The van der Waals surface area contributed by atoms with Gasteiger partial charge in [0.25, 0.3) is 10.0 Å². The number of carbonyl (C=O) groups excluding carboxylic acids is 1. The van der Waals surface area contributed by atoms with Crippen molar-refractivity contribution in [1.29, 1.82) is 0 Å². The number of piperidine rings is 1. The van der Waals surface area contributed by atoms with Gasteiger partial charge in [-0.2, -0.15) is 4.31 Å². The maximum Gasteiger partial charge on any atom is 0.252 e. The van der Waals surface area contributed by atoms with E-state index in [9.17, 15) is 13.2 Å². The highest BCUT2D eigenvalue weighted by Gasteiger charge is 2.32. The van der Waals surface area contributed by atoms with Gasteiger partial charge < -0.3 is 5.32 Å². The predicted molar refractivity (Wildman–Crippen MR) is 107 cm³/mol. The molecule has 1 aliphatic rings. The van der Waals surface area contributed by atoms with Crippen molar-refractivity contribution in [2.75, 3.05) is 13.1 Å². The molecule has 2 aromatic rings. The van der Waals surface area contributed by atoms with Crippen molar-refractivity contribution in [3.8, 4) is 0 Å². The molecule has 0 aliphatic carbocycles. The first-order chi connectivity index (χ1) is 12.4. The average molecular weight is 478 g/mol. The van der Waals surface area contributed by atoms with E-state index in [0.29, 0.717) is 41.7 Å². The standard InChI is InChI=1S/C17H18BrClN2O3S2/c18-15-5-6-16(25-15)26(23,24)21-9-7-13(8-10-21)17(22)20-11-12-1-3-14(19)4-2-12/h1-6,13H,7-11H2,(H,20,22). The Bertz CT molecular complexity index is 876. The van der Waals surface area contributed by atoms with Crippen LogP contribution < -0.4 is 5.32 Å². The number of sulfonamides is 1. The van der Waals surface area contributed by atoms with E-state index in [-0.39, 0.29) is 11.8 Å². The molecule has 1 fully saturated rings. The van der Waals surface area contributed by atoms with Crippen molar-refractivity contribution in [3.63, 3.8) is 0 Å². The van der Waals surface area contributed by atoms with Crippen LogP contribution in [0.3, 0.4) is 0 Å². The van der Waals surface area contributed by atoms with Crippen molar-refractivity contribution in [2.24, 2.45) is 5.92 Å². The van der Waals surface area contributed by atoms with Gasteiger partial charge >= 0.3 is 0 Å². The summed E-state index contributed by atoms with van der Waals surface area (Å²) in [5, 5.41) is 3.58. The fraction of sp³-hybridized carbons (Fsp3) is 0.353. The lowest BCUT2D eigenvalue weighted by molar-refractivity contribution is -0.126. The Hall–Kier alpha value is -0.930. The molecule has 0 unspecified atom stereocenters. The van der Waals surface area contributed by atoms with Crippen molar-refractivity contribution < 1.29 is 13.2 Å². The van der Waals surface area contributed by atoms with E-state index < -0.39 is 10.0 Å². The molecule has 0 spiro atoms. The number of rotatable bonds is 5. The molecular weight excluding hydrogens is 460 g/mol. The van der Waals surface area contributed by atoms with Crippen LogP contribution in [0.15, 0.2) is 44.4 Å². The molecule has 1 N–H and O–H groups in total. The molecule has 1 aromatic heterocycles. The number of carbonyl (C=O) groups is 1. The molecule has 3 rings (SSSR count). The van der Waals surface area contributed by atoms with Crippen LogP contribution in [-0.2, 0) is 21.4 Å². The zero-order chi connectivity index (χ0) is 18.7. The predicted octanol–water partition coefficient (Wildman–Crippen LogP) is 3.88. The van der Waals surface area contributed by atoms with E-state index in [1.54, 1.807) is 24.3 Å². The quantitative estimate of drug-likeness (QED) is 0.711. The highest BCUT2D eigenvalue weighted by molar-refractivity contribution is 9.11. The SMILES string of the molecule is O=C(NCc1ccc(Cl)cc1)C1CCN(S(=O)(=O)c2ccc(Br)s2)CC1. The lowest BCUT2D eigenvalue weighted by Crippen LogP contribution is -2.42. The van der Waals surface area contributed by atoms with E-state index in [1.807, 2.05) is 12.1 Å². The van der Waals surface area contributed by atoms with Gasteiger partial charge in [-0.25, -0.2) is 8.42 Å². The lowest BCUT2D eigenvalue weighted by Gasteiger charge is -2.30. The van der Waals surface area contributed by atoms with E-state index in [0.717, 1.165) is 9.35 Å². The van der Waals surface area contributed by atoms with E-state index >= 15 is 0 Å². The third-order valence-electron chi connectivity index (χ3n) is 4.35. The summed E-state index contributed by atoms with van der Waals surface area (Å²) in [6.07, 6.45) is 1.05. The molecule has 5 nitrogen and oxygen atoms in total. The molecule has 0 bridgehead atoms. The van der Waals surface area contributed by atoms with Gasteiger partial charge in [-0.1, -0.05) is 23.7 Å². The zero-order valence-electron chi connectivity index (χ0n) is 13.8. The molecule has 1 saturated heterocycles. The third kappa shape index (κ3) is 4.67. The first-order valence-electron chi connectivity index (χ1n) is 8.14. The molecule has 0 atom stereocenters. The van der Waals surface area contributed by atoms with Crippen LogP contribution >= 0.6 is 38.9 Å². The van der Waals surface area contributed by atoms with E-state index in [4.69, 9.17) is 11.6 Å². The fourth-order valence-corrected chi connectivity index (χ4v) is 6.62. The molecule has 0 radical (unpaired) electrons. The van der Waals surface area contributed by atoms with Crippen LogP contribution in [0.2, 0.25) is 5.02 Å². The van der Waals surface area contributed by atoms with Gasteiger partial charge in [0.15, 0.2) is 0 Å². The Labute approximate surface area is 170 Å². The molecule has 1 amide bonds. The van der Waals surface area contributed by atoms with E-state index in [2.05, 4.69) is 21.2 Å². The van der Waals surface area contributed by atoms with Crippen LogP contribution in [0.4, 0.5) is 0 Å². The van der Waals surface area contributed by atoms with Gasteiger partial charge in [0.05, 0.1) is 3.79 Å². The molecule has 26 heavy (non-hydrogen) atoms. The molecule has 2 heterocycles. The number of thiophene rings is 1. The van der Waals surface area contributed by atoms with Crippen molar-refractivity contribution >= 4 is 54.8 Å². The highest BCUT2D eigenvalue weighted by atomic mass is 79.9. The zero-order valence-corrected chi connectivity index (χ0v) is 17.8. The van der Waals surface area contributed by atoms with Gasteiger partial charge in [-0.05, 0) is 58.6 Å². The molecular formula is C17H18BrClN2O3S2. The summed E-state index contributed by atoms with van der Waals surface area (Å²) in [4.78, 5) is 12.4. The Morgan fingerprint density at radius 3 is 2.42 bits per heavy atom. The fourth-order valence-electron chi connectivity index (χ4n) is 2.86. The Morgan fingerprint density at radius 1 is 1.19 bits per heavy atom. The Balaban J connectivity index is 1.53. The summed E-state index contributed by atoms with van der Waals surface area (Å²) in [6, 6.07) is 10.7. The average Bonchev–Trinajstić information content (AvgIpc) is 3.08. The third-order valence-corrected chi connectivity index (χ3v) is 8.59. The first kappa shape index (κ1) is 19.8. The molecule has 140 valence electrons. The van der Waals surface area contributed by atoms with Gasteiger partial charge in [0.1, 0.15) is 4.21 Å². The van der Waals surface area contributed by atoms with Crippen molar-refractivity contribution in [1.82, 2.24) is 9.62 Å². The monoisotopic (exact) mass is 476 g/mol. The molecule has 1 aliphatic heterocycles. The largest absolute Gasteiger partial charge is 0.352 e. The normalized spacial score (nSPS) is 16.5. The number of benzene rings is 1. The van der Waals surface area contributed by atoms with Crippen molar-refractivity contribution in [3.05, 3.63) is 50.8 Å². The summed E-state index contributed by atoms with van der Waals surface area (Å²) < 4.78 is 27.8. The second-order valence-corrected chi connectivity index (χ2v) is 11.1. The Morgan fingerprint density at radius 2 is 1.85 bits per heavy atom. The minimum Gasteiger partial charge on any atom is -0.352 e. The smallest absolute Gasteiger partial charge is 0.252 e. The molecule has 9 heteroatoms. The highest BCUT2D eigenvalue weighted by Crippen LogP contribution is 2.30. The first-order valence-corrected chi connectivity index (χ1v) is 11.6. The number of amides is 1. The summed E-state index contributed by atoms with van der Waals surface area (Å²) in [5.41, 5.74) is 0.978. The van der Waals surface area contributed by atoms with Crippen molar-refractivity contribution in [2.45, 2.75) is 23.6 Å². The van der Waals surface area contributed by atoms with Crippen LogP contribution in [0.1, 0.15) is 18.4 Å². The van der Waals surface area contributed by atoms with Gasteiger partial charge in [0, 0.05) is 30.6 Å². The molecule has 0 saturated carbocycles. The van der Waals surface area contributed by atoms with Gasteiger partial charge in [0.2, 0.25) is 5.91 Å². The van der Waals surface area contributed by atoms with Crippen LogP contribution in [-0.4, -0.2) is 31.7 Å². The summed E-state index contributed by atoms with van der Waals surface area (Å²) >= 11 is 10.3. The molecule has 1 aromatic carbocycles. The number of hydrogen-bond acceptors (Lipinski definition) is 4. The minimum atomic E-state index is -3.47. The number of halogens is 2. The maximum atomic E-state index is 12.6. The summed E-state index contributed by atoms with van der Waals surface area (Å²) in [7, 11) is -3.47. The van der Waals surface area contributed by atoms with Crippen LogP contribution in [0.5, 0.6) is 0 Å². The number of nitrogens with one attached hydrogen (secondary N) is 1. The van der Waals surface area contributed by atoms with Crippen LogP contribution in [0.25, 0.3) is 0 Å². The minimum absolute atomic E-state index is 0.0316. The van der Waals surface area contributed by atoms with Gasteiger partial charge in [-0.3, -0.25) is 4.79 Å². The number of nitrogens with zero attached hydrogens (tertiary/aromatic N) is 1. The summed E-state index contributed by atoms with van der Waals surface area (Å²) in [5.74, 6) is -0.195. The van der Waals surface area contributed by atoms with Gasteiger partial charge in [-0.15, -0.1) is 11.3 Å². The van der Waals surface area contributed by atoms with E-state index in [1.165, 1.54) is 15.6 Å². The lowest BCUT2D eigenvalue weighted by atomic mass is 9.97. The van der Waals surface area contributed by atoms with Crippen LogP contribution in [0, 0.1) is 5.92 Å². The maximum absolute atomic E-state index is 12.6. The second-order valence-electron chi connectivity index (χ2n) is 6.08. The summed E-state index contributed by atoms with van der Waals surface area (Å²) in [6.45, 7) is 1.16. The Kier molecular flexibility index (Phi) is 6.40. The number of hydrogen-bond donors (Lipinski definition) is 1. The second kappa shape index (κ2) is 8.39. The topological polar surface area (TPSA) is 66.5 Å².